The topological polar surface area (TPSA) is 76.9 Å². The van der Waals surface area contributed by atoms with Crippen LogP contribution in [0.5, 0.6) is 0 Å². The van der Waals surface area contributed by atoms with Gasteiger partial charge in [-0.3, -0.25) is 4.79 Å². The fourth-order valence-electron chi connectivity index (χ4n) is 1.52. The summed E-state index contributed by atoms with van der Waals surface area (Å²) in [5.41, 5.74) is 0.447. The molecule has 0 radical (unpaired) electrons. The van der Waals surface area contributed by atoms with Gasteiger partial charge in [-0.1, -0.05) is 0 Å². The Morgan fingerprint density at radius 3 is 2.22 bits per heavy atom. The molecule has 100 valence electrons. The summed E-state index contributed by atoms with van der Waals surface area (Å²) in [6.45, 7) is 0.146. The lowest BCUT2D eigenvalue weighted by Gasteiger charge is -2.20. The van der Waals surface area contributed by atoms with Crippen LogP contribution in [0.1, 0.15) is 10.4 Å². The third-order valence-corrected chi connectivity index (χ3v) is 2.48. The van der Waals surface area contributed by atoms with Crippen LogP contribution in [0, 0.1) is 0 Å². The van der Waals surface area contributed by atoms with Gasteiger partial charge in [0.25, 0.3) is 5.91 Å². The van der Waals surface area contributed by atoms with Gasteiger partial charge >= 0.3 is 0 Å². The third-order valence-electron chi connectivity index (χ3n) is 2.48. The van der Waals surface area contributed by atoms with Crippen LogP contribution in [-0.2, 0) is 0 Å². The van der Waals surface area contributed by atoms with Crippen molar-refractivity contribution in [2.24, 2.45) is 0 Å². The average Bonchev–Trinajstić information content (AvgIpc) is 2.38. The van der Waals surface area contributed by atoms with E-state index >= 15 is 0 Å². The number of aliphatic hydroxyl groups excluding tert-OH is 2. The molecular weight excluding hydrogens is 234 g/mol. The fourth-order valence-corrected chi connectivity index (χ4v) is 1.52. The molecule has 1 aromatic heterocycles. The number of hydrogen-bond acceptors (Lipinski definition) is 5. The zero-order valence-electron chi connectivity index (χ0n) is 10.7. The minimum atomic E-state index is -0.240. The summed E-state index contributed by atoms with van der Waals surface area (Å²) >= 11 is 0. The van der Waals surface area contributed by atoms with E-state index in [1.165, 1.54) is 11.1 Å². The van der Waals surface area contributed by atoms with E-state index in [-0.39, 0.29) is 32.2 Å². The van der Waals surface area contributed by atoms with Crippen molar-refractivity contribution in [1.82, 2.24) is 9.88 Å². The van der Waals surface area contributed by atoms with Gasteiger partial charge in [0, 0.05) is 33.4 Å². The van der Waals surface area contributed by atoms with Crippen LogP contribution in [0.15, 0.2) is 18.3 Å². The average molecular weight is 253 g/mol. The Balaban J connectivity index is 2.81. The summed E-state index contributed by atoms with van der Waals surface area (Å²) in [6.07, 6.45) is 1.50. The Kier molecular flexibility index (Phi) is 5.54. The van der Waals surface area contributed by atoms with Crippen LogP contribution in [0.2, 0.25) is 0 Å². The Morgan fingerprint density at radius 2 is 1.83 bits per heavy atom. The van der Waals surface area contributed by atoms with E-state index in [9.17, 15) is 4.79 Å². The van der Waals surface area contributed by atoms with Crippen LogP contribution in [-0.4, -0.2) is 66.4 Å². The van der Waals surface area contributed by atoms with Crippen molar-refractivity contribution in [3.8, 4) is 0 Å². The van der Waals surface area contributed by atoms with E-state index in [1.54, 1.807) is 12.1 Å². The Bertz CT molecular complexity index is 373. The Morgan fingerprint density at radius 1 is 1.22 bits per heavy atom. The molecule has 0 saturated carbocycles. The maximum Gasteiger partial charge on any atom is 0.255 e. The van der Waals surface area contributed by atoms with Crippen molar-refractivity contribution in [3.05, 3.63) is 23.9 Å². The second kappa shape index (κ2) is 6.93. The molecule has 6 nitrogen and oxygen atoms in total. The second-order valence-corrected chi connectivity index (χ2v) is 4.04. The highest BCUT2D eigenvalue weighted by Gasteiger charge is 2.15. The smallest absolute Gasteiger partial charge is 0.255 e. The lowest BCUT2D eigenvalue weighted by atomic mass is 10.2. The van der Waals surface area contributed by atoms with Crippen molar-refractivity contribution in [2.75, 3.05) is 45.3 Å². The van der Waals surface area contributed by atoms with Crippen molar-refractivity contribution >= 4 is 11.7 Å². The van der Waals surface area contributed by atoms with E-state index in [0.29, 0.717) is 5.56 Å². The molecule has 18 heavy (non-hydrogen) atoms. The van der Waals surface area contributed by atoms with E-state index < -0.39 is 0 Å². The molecular formula is C12H19N3O3. The van der Waals surface area contributed by atoms with Gasteiger partial charge < -0.3 is 20.0 Å². The number of hydrogen-bond donors (Lipinski definition) is 2. The van der Waals surface area contributed by atoms with E-state index in [4.69, 9.17) is 10.2 Å². The largest absolute Gasteiger partial charge is 0.395 e. The van der Waals surface area contributed by atoms with Gasteiger partial charge in [-0.2, -0.15) is 0 Å². The molecule has 0 aliphatic heterocycles. The first-order valence-electron chi connectivity index (χ1n) is 5.74. The molecule has 0 aliphatic rings. The molecule has 0 unspecified atom stereocenters. The lowest BCUT2D eigenvalue weighted by molar-refractivity contribution is 0.0684. The van der Waals surface area contributed by atoms with Gasteiger partial charge in [0.1, 0.15) is 5.82 Å². The van der Waals surface area contributed by atoms with Crippen molar-refractivity contribution in [3.63, 3.8) is 0 Å². The maximum absolute atomic E-state index is 12.1. The molecule has 1 amide bonds. The maximum atomic E-state index is 12.1. The van der Waals surface area contributed by atoms with Gasteiger partial charge in [0.05, 0.1) is 18.8 Å². The zero-order valence-corrected chi connectivity index (χ0v) is 10.7. The molecule has 0 aliphatic carbocycles. The minimum Gasteiger partial charge on any atom is -0.395 e. The minimum absolute atomic E-state index is 0.130. The molecule has 0 fully saturated rings. The highest BCUT2D eigenvalue weighted by Crippen LogP contribution is 2.09. The van der Waals surface area contributed by atoms with Gasteiger partial charge in [-0.15, -0.1) is 0 Å². The number of rotatable bonds is 6. The first-order valence-corrected chi connectivity index (χ1v) is 5.74. The number of pyridine rings is 1. The monoisotopic (exact) mass is 253 g/mol. The summed E-state index contributed by atoms with van der Waals surface area (Å²) in [5.74, 6) is 0.526. The standard InChI is InChI=1S/C12H19N3O3/c1-14(2)11-4-3-10(9-13-11)12(18)15(5-7-16)6-8-17/h3-4,9,16-17H,5-8H2,1-2H3. The highest BCUT2D eigenvalue weighted by atomic mass is 16.3. The van der Waals surface area contributed by atoms with E-state index in [2.05, 4.69) is 4.98 Å². The van der Waals surface area contributed by atoms with E-state index in [1.807, 2.05) is 19.0 Å². The molecule has 6 heteroatoms. The summed E-state index contributed by atoms with van der Waals surface area (Å²) in [4.78, 5) is 19.4. The molecule has 0 saturated heterocycles. The van der Waals surface area contributed by atoms with Crippen molar-refractivity contribution in [1.29, 1.82) is 0 Å². The molecule has 1 heterocycles. The first kappa shape index (κ1) is 14.4. The number of carbonyl (C=O) groups excluding carboxylic acids is 1. The Labute approximate surface area is 106 Å². The van der Waals surface area contributed by atoms with E-state index in [0.717, 1.165) is 5.82 Å². The van der Waals surface area contributed by atoms with Crippen LogP contribution in [0.3, 0.4) is 0 Å². The molecule has 0 bridgehead atoms. The van der Waals surface area contributed by atoms with Gasteiger partial charge in [-0.25, -0.2) is 4.98 Å². The molecule has 2 N–H and O–H groups in total. The first-order chi connectivity index (χ1) is 8.60. The molecule has 0 aromatic carbocycles. The highest BCUT2D eigenvalue weighted by molar-refractivity contribution is 5.94. The summed E-state index contributed by atoms with van der Waals surface area (Å²) < 4.78 is 0. The third kappa shape index (κ3) is 3.68. The van der Waals surface area contributed by atoms with Crippen molar-refractivity contribution in [2.45, 2.75) is 0 Å². The van der Waals surface area contributed by atoms with Gasteiger partial charge in [-0.05, 0) is 12.1 Å². The molecule has 1 aromatic rings. The summed E-state index contributed by atoms with van der Waals surface area (Å²) in [6, 6.07) is 3.44. The van der Waals surface area contributed by atoms with Crippen LogP contribution < -0.4 is 4.90 Å². The summed E-state index contributed by atoms with van der Waals surface area (Å²) in [7, 11) is 3.74. The van der Waals surface area contributed by atoms with Crippen LogP contribution >= 0.6 is 0 Å². The molecule has 0 atom stereocenters. The quantitative estimate of drug-likeness (QED) is 0.719. The zero-order chi connectivity index (χ0) is 13.5. The fraction of sp³-hybridized carbons (Fsp3) is 0.500. The second-order valence-electron chi connectivity index (χ2n) is 4.04. The Hall–Kier alpha value is -1.66. The number of nitrogens with zero attached hydrogens (tertiary/aromatic N) is 3. The summed E-state index contributed by atoms with van der Waals surface area (Å²) in [5, 5.41) is 17.8. The normalized spacial score (nSPS) is 10.2. The number of aromatic nitrogens is 1. The molecule has 1 rings (SSSR count). The lowest BCUT2D eigenvalue weighted by Crippen LogP contribution is -2.35. The predicted octanol–water partition coefficient (Wildman–Crippen LogP) is -0.426. The number of aliphatic hydroxyl groups is 2. The predicted molar refractivity (Wildman–Crippen MR) is 68.6 cm³/mol. The van der Waals surface area contributed by atoms with Crippen LogP contribution in [0.4, 0.5) is 5.82 Å². The number of amides is 1. The van der Waals surface area contributed by atoms with Gasteiger partial charge in [0.2, 0.25) is 0 Å². The number of anilines is 1. The van der Waals surface area contributed by atoms with Crippen LogP contribution in [0.25, 0.3) is 0 Å². The van der Waals surface area contributed by atoms with Gasteiger partial charge in [0.15, 0.2) is 0 Å². The molecule has 0 spiro atoms. The number of carbonyl (C=O) groups is 1. The van der Waals surface area contributed by atoms with Crippen molar-refractivity contribution < 1.29 is 15.0 Å². The SMILES string of the molecule is CN(C)c1ccc(C(=O)N(CCO)CCO)cn1.